The maximum Gasteiger partial charge on any atom is 0.223 e. The van der Waals surface area contributed by atoms with Crippen molar-refractivity contribution in [3.63, 3.8) is 0 Å². The number of hydrogen-bond donors (Lipinski definition) is 2. The van der Waals surface area contributed by atoms with E-state index >= 15 is 0 Å². The van der Waals surface area contributed by atoms with E-state index in [-0.39, 0.29) is 0 Å². The minimum absolute atomic E-state index is 0.523. The molecule has 0 aromatic carbocycles. The Morgan fingerprint density at radius 1 is 1.52 bits per heavy atom. The second-order valence-electron chi connectivity index (χ2n) is 5.30. The van der Waals surface area contributed by atoms with Gasteiger partial charge in [-0.1, -0.05) is 0 Å². The first-order valence-electron chi connectivity index (χ1n) is 7.16. The van der Waals surface area contributed by atoms with Crippen molar-refractivity contribution in [3.05, 3.63) is 18.5 Å². The Balaban J connectivity index is 1.69. The Hall–Kier alpha value is -2.15. The number of nitrogens with zero attached hydrogens (tertiary/aromatic N) is 4. The van der Waals surface area contributed by atoms with Gasteiger partial charge in [0.05, 0.1) is 24.1 Å². The monoisotopic (exact) mass is 288 g/mol. The fourth-order valence-corrected chi connectivity index (χ4v) is 2.44. The third-order valence-corrected chi connectivity index (χ3v) is 3.72. The molecule has 3 N–H and O–H groups in total. The highest BCUT2D eigenvalue weighted by Gasteiger charge is 2.14. The lowest BCUT2D eigenvalue weighted by Gasteiger charge is -2.22. The molecule has 1 atom stereocenters. The van der Waals surface area contributed by atoms with Crippen molar-refractivity contribution in [2.75, 3.05) is 30.8 Å². The number of nitrogen functional groups attached to an aromatic ring is 1. The van der Waals surface area contributed by atoms with Crippen LogP contribution in [0.5, 0.6) is 0 Å². The van der Waals surface area contributed by atoms with Crippen molar-refractivity contribution in [2.45, 2.75) is 12.8 Å². The molecule has 1 aliphatic heterocycles. The Morgan fingerprint density at radius 3 is 3.14 bits per heavy atom. The summed E-state index contributed by atoms with van der Waals surface area (Å²) >= 11 is 0. The van der Waals surface area contributed by atoms with Gasteiger partial charge in [0, 0.05) is 26.4 Å². The van der Waals surface area contributed by atoms with Gasteiger partial charge in [-0.15, -0.1) is 0 Å². The second-order valence-corrected chi connectivity index (χ2v) is 5.30. The average molecular weight is 288 g/mol. The van der Waals surface area contributed by atoms with E-state index in [0.29, 0.717) is 17.7 Å². The predicted octanol–water partition coefficient (Wildman–Crippen LogP) is 1.30. The van der Waals surface area contributed by atoms with Crippen molar-refractivity contribution in [1.82, 2.24) is 19.7 Å². The molecule has 1 aliphatic rings. The smallest absolute Gasteiger partial charge is 0.223 e. The van der Waals surface area contributed by atoms with Crippen molar-refractivity contribution in [3.8, 4) is 11.3 Å². The molecule has 0 aliphatic carbocycles. The van der Waals surface area contributed by atoms with E-state index < -0.39 is 0 Å². The third-order valence-electron chi connectivity index (χ3n) is 3.72. The van der Waals surface area contributed by atoms with E-state index in [1.54, 1.807) is 17.1 Å². The summed E-state index contributed by atoms with van der Waals surface area (Å²) in [7, 11) is 1.81. The van der Waals surface area contributed by atoms with Crippen LogP contribution in [-0.4, -0.2) is 39.5 Å². The third kappa shape index (κ3) is 3.13. The Bertz CT molecular complexity index is 605. The minimum Gasteiger partial charge on any atom is -0.383 e. The molecular formula is C14H20N6O. The summed E-state index contributed by atoms with van der Waals surface area (Å²) < 4.78 is 7.10. The molecule has 0 spiro atoms. The lowest BCUT2D eigenvalue weighted by atomic mass is 10.0. The number of hydrogen-bond acceptors (Lipinski definition) is 6. The standard InChI is InChI=1S/C14H20N6O/c1-20-13(15)11(8-18-20)12-4-5-16-14(19-12)17-7-10-3-2-6-21-9-10/h4-5,8,10H,2-3,6-7,9,15H2,1H3,(H,16,17,19). The van der Waals surface area contributed by atoms with Crippen LogP contribution in [0.15, 0.2) is 18.5 Å². The SMILES string of the molecule is Cn1ncc(-c2ccnc(NCC3CCCOC3)n2)c1N. The van der Waals surface area contributed by atoms with E-state index in [9.17, 15) is 0 Å². The molecule has 3 rings (SSSR count). The normalized spacial score (nSPS) is 18.6. The maximum absolute atomic E-state index is 5.98. The molecule has 7 heteroatoms. The molecule has 0 saturated carbocycles. The molecule has 1 fully saturated rings. The molecule has 0 radical (unpaired) electrons. The van der Waals surface area contributed by atoms with Crippen LogP contribution in [0.4, 0.5) is 11.8 Å². The van der Waals surface area contributed by atoms with Gasteiger partial charge in [-0.2, -0.15) is 5.10 Å². The van der Waals surface area contributed by atoms with E-state index in [1.807, 2.05) is 13.1 Å². The highest BCUT2D eigenvalue weighted by molar-refractivity contribution is 5.70. The van der Waals surface area contributed by atoms with Gasteiger partial charge in [0.1, 0.15) is 5.82 Å². The lowest BCUT2D eigenvalue weighted by molar-refractivity contribution is 0.0594. The molecule has 2 aromatic rings. The van der Waals surface area contributed by atoms with Crippen molar-refractivity contribution in [1.29, 1.82) is 0 Å². The fraction of sp³-hybridized carbons (Fsp3) is 0.500. The highest BCUT2D eigenvalue weighted by Crippen LogP contribution is 2.23. The minimum atomic E-state index is 0.523. The molecule has 112 valence electrons. The van der Waals surface area contributed by atoms with Gasteiger partial charge in [0.25, 0.3) is 0 Å². The molecule has 2 aromatic heterocycles. The number of aromatic nitrogens is 4. The summed E-state index contributed by atoms with van der Waals surface area (Å²) in [6.07, 6.45) is 5.76. The lowest BCUT2D eigenvalue weighted by Crippen LogP contribution is -2.24. The average Bonchev–Trinajstić information content (AvgIpc) is 2.86. The number of rotatable bonds is 4. The van der Waals surface area contributed by atoms with Crippen LogP contribution in [0.3, 0.4) is 0 Å². The van der Waals surface area contributed by atoms with Crippen molar-refractivity contribution < 1.29 is 4.74 Å². The summed E-state index contributed by atoms with van der Waals surface area (Å²) in [6.45, 7) is 2.51. The van der Waals surface area contributed by atoms with Crippen LogP contribution in [-0.2, 0) is 11.8 Å². The van der Waals surface area contributed by atoms with Gasteiger partial charge < -0.3 is 15.8 Å². The molecule has 3 heterocycles. The zero-order valence-corrected chi connectivity index (χ0v) is 12.1. The van der Waals surface area contributed by atoms with Crippen LogP contribution in [0, 0.1) is 5.92 Å². The predicted molar refractivity (Wildman–Crippen MR) is 80.7 cm³/mol. The van der Waals surface area contributed by atoms with E-state index in [2.05, 4.69) is 20.4 Å². The molecule has 21 heavy (non-hydrogen) atoms. The summed E-state index contributed by atoms with van der Waals surface area (Å²) in [4.78, 5) is 8.76. The number of anilines is 2. The quantitative estimate of drug-likeness (QED) is 0.881. The maximum atomic E-state index is 5.98. The van der Waals surface area contributed by atoms with Gasteiger partial charge in [-0.05, 0) is 24.8 Å². The van der Waals surface area contributed by atoms with Crippen molar-refractivity contribution >= 4 is 11.8 Å². The van der Waals surface area contributed by atoms with Crippen LogP contribution < -0.4 is 11.1 Å². The number of aryl methyl sites for hydroxylation is 1. The topological polar surface area (TPSA) is 90.9 Å². The van der Waals surface area contributed by atoms with Gasteiger partial charge in [0.2, 0.25) is 5.95 Å². The summed E-state index contributed by atoms with van der Waals surface area (Å²) in [5.74, 6) is 1.73. The van der Waals surface area contributed by atoms with Crippen LogP contribution in [0.25, 0.3) is 11.3 Å². The number of nitrogens with two attached hydrogens (primary N) is 1. The Kier molecular flexibility index (Phi) is 4.01. The number of ether oxygens (including phenoxy) is 1. The van der Waals surface area contributed by atoms with Crippen molar-refractivity contribution in [2.24, 2.45) is 13.0 Å². The first-order valence-corrected chi connectivity index (χ1v) is 7.16. The largest absolute Gasteiger partial charge is 0.383 e. The summed E-state index contributed by atoms with van der Waals surface area (Å²) in [6, 6.07) is 1.84. The van der Waals surface area contributed by atoms with E-state index in [4.69, 9.17) is 10.5 Å². The fourth-order valence-electron chi connectivity index (χ4n) is 2.44. The molecule has 7 nitrogen and oxygen atoms in total. The van der Waals surface area contributed by atoms with Gasteiger partial charge in [0.15, 0.2) is 0 Å². The van der Waals surface area contributed by atoms with Gasteiger partial charge in [-0.25, -0.2) is 9.97 Å². The van der Waals surface area contributed by atoms with Crippen LogP contribution >= 0.6 is 0 Å². The first kappa shape index (κ1) is 13.8. The number of nitrogens with one attached hydrogen (secondary N) is 1. The zero-order chi connectivity index (χ0) is 14.7. The van der Waals surface area contributed by atoms with Crippen LogP contribution in [0.2, 0.25) is 0 Å². The molecule has 0 bridgehead atoms. The Labute approximate surface area is 123 Å². The highest BCUT2D eigenvalue weighted by atomic mass is 16.5. The molecular weight excluding hydrogens is 268 g/mol. The molecule has 1 unspecified atom stereocenters. The van der Waals surface area contributed by atoms with E-state index in [0.717, 1.165) is 37.4 Å². The van der Waals surface area contributed by atoms with Gasteiger partial charge in [-0.3, -0.25) is 4.68 Å². The molecule has 0 amide bonds. The Morgan fingerprint density at radius 2 is 2.43 bits per heavy atom. The van der Waals surface area contributed by atoms with E-state index in [1.165, 1.54) is 6.42 Å². The first-order chi connectivity index (χ1) is 10.2. The van der Waals surface area contributed by atoms with Crippen LogP contribution in [0.1, 0.15) is 12.8 Å². The second kappa shape index (κ2) is 6.09. The summed E-state index contributed by atoms with van der Waals surface area (Å²) in [5, 5.41) is 7.42. The molecule has 1 saturated heterocycles. The summed E-state index contributed by atoms with van der Waals surface area (Å²) in [5.41, 5.74) is 7.58. The zero-order valence-electron chi connectivity index (χ0n) is 12.1. The van der Waals surface area contributed by atoms with Gasteiger partial charge >= 0.3 is 0 Å².